The van der Waals surface area contributed by atoms with E-state index in [4.69, 9.17) is 10.5 Å². The van der Waals surface area contributed by atoms with Crippen molar-refractivity contribution in [2.45, 2.75) is 38.5 Å². The first kappa shape index (κ1) is 14.7. The quantitative estimate of drug-likeness (QED) is 0.836. The molecule has 1 saturated heterocycles. The first-order valence-electron chi connectivity index (χ1n) is 6.93. The van der Waals surface area contributed by atoms with E-state index < -0.39 is 12.0 Å². The Hall–Kier alpha value is -1.66. The molecule has 110 valence electrons. The molecule has 1 aliphatic rings. The number of nitrogens with zero attached hydrogens (tertiary/aromatic N) is 2. The number of nitrogens with two attached hydrogens (primary N) is 1. The van der Waals surface area contributed by atoms with Crippen LogP contribution in [0.5, 0.6) is 0 Å². The van der Waals surface area contributed by atoms with Gasteiger partial charge in [0, 0.05) is 25.9 Å². The van der Waals surface area contributed by atoms with Crippen molar-refractivity contribution >= 4 is 11.8 Å². The summed E-state index contributed by atoms with van der Waals surface area (Å²) < 4.78 is 5.58. The highest BCUT2D eigenvalue weighted by Gasteiger charge is 2.38. The molecule has 6 nitrogen and oxygen atoms in total. The van der Waals surface area contributed by atoms with Crippen LogP contribution in [0.4, 0.5) is 5.82 Å². The van der Waals surface area contributed by atoms with Crippen molar-refractivity contribution in [3.63, 3.8) is 0 Å². The third kappa shape index (κ3) is 3.08. The number of carbonyl (C=O) groups is 1. The van der Waals surface area contributed by atoms with Gasteiger partial charge in [0.25, 0.3) is 0 Å². The van der Waals surface area contributed by atoms with Crippen LogP contribution >= 0.6 is 0 Å². The number of aliphatic carboxylic acids is 1. The molecule has 0 aromatic carbocycles. The summed E-state index contributed by atoms with van der Waals surface area (Å²) in [5, 5.41) is 9.50. The Kier molecular flexibility index (Phi) is 4.92. The molecule has 2 atom stereocenters. The molecule has 1 aromatic rings. The molecular formula is C14H21N3O3. The number of hydrogen-bond acceptors (Lipinski definition) is 5. The van der Waals surface area contributed by atoms with Crippen LogP contribution in [0.1, 0.15) is 25.3 Å². The second-order valence-electron chi connectivity index (χ2n) is 4.84. The molecule has 0 spiro atoms. The van der Waals surface area contributed by atoms with Gasteiger partial charge in [-0.05, 0) is 31.4 Å². The fourth-order valence-electron chi connectivity index (χ4n) is 2.61. The standard InChI is InChI=1S/C14H21N3O3/c1-2-20-11-4-3-7-17(13(11)14(18)19)12-6-5-10(8-15)9-16-12/h5-6,9,11,13H,2-4,7-8,15H2,1H3,(H,18,19). The zero-order valence-electron chi connectivity index (χ0n) is 11.7. The molecule has 6 heteroatoms. The fourth-order valence-corrected chi connectivity index (χ4v) is 2.61. The summed E-state index contributed by atoms with van der Waals surface area (Å²) in [6.45, 7) is 3.50. The minimum absolute atomic E-state index is 0.290. The SMILES string of the molecule is CCOC1CCCN(c2ccc(CN)cn2)C1C(=O)O. The summed E-state index contributed by atoms with van der Waals surface area (Å²) in [6.07, 6.45) is 3.07. The van der Waals surface area contributed by atoms with Crippen LogP contribution < -0.4 is 10.6 Å². The number of pyridine rings is 1. The van der Waals surface area contributed by atoms with E-state index in [-0.39, 0.29) is 6.10 Å². The van der Waals surface area contributed by atoms with Gasteiger partial charge in [0.15, 0.2) is 6.04 Å². The van der Waals surface area contributed by atoms with Gasteiger partial charge in [0.05, 0.1) is 6.10 Å². The lowest BCUT2D eigenvalue weighted by molar-refractivity contribution is -0.143. The van der Waals surface area contributed by atoms with Gasteiger partial charge in [-0.15, -0.1) is 0 Å². The minimum atomic E-state index is -0.868. The Morgan fingerprint density at radius 1 is 1.60 bits per heavy atom. The maximum absolute atomic E-state index is 11.6. The molecule has 0 radical (unpaired) electrons. The summed E-state index contributed by atoms with van der Waals surface area (Å²) in [5.41, 5.74) is 6.48. The van der Waals surface area contributed by atoms with E-state index >= 15 is 0 Å². The summed E-state index contributed by atoms with van der Waals surface area (Å²) >= 11 is 0. The van der Waals surface area contributed by atoms with Crippen LogP contribution in [0.25, 0.3) is 0 Å². The number of carboxylic acids is 1. The highest BCUT2D eigenvalue weighted by molar-refractivity contribution is 5.79. The van der Waals surface area contributed by atoms with E-state index in [0.717, 1.165) is 18.4 Å². The molecule has 2 rings (SSSR count). The number of hydrogen-bond donors (Lipinski definition) is 2. The van der Waals surface area contributed by atoms with Gasteiger partial charge in [-0.1, -0.05) is 6.07 Å². The molecule has 2 heterocycles. The fraction of sp³-hybridized carbons (Fsp3) is 0.571. The molecular weight excluding hydrogens is 258 g/mol. The lowest BCUT2D eigenvalue weighted by Gasteiger charge is -2.39. The van der Waals surface area contributed by atoms with Gasteiger partial charge < -0.3 is 20.5 Å². The normalized spacial score (nSPS) is 22.8. The van der Waals surface area contributed by atoms with Crippen LogP contribution in [0.2, 0.25) is 0 Å². The van der Waals surface area contributed by atoms with Crippen LogP contribution in [0, 0.1) is 0 Å². The van der Waals surface area contributed by atoms with E-state index in [0.29, 0.717) is 25.5 Å². The summed E-state index contributed by atoms with van der Waals surface area (Å²) in [7, 11) is 0. The molecule has 1 fully saturated rings. The topological polar surface area (TPSA) is 88.7 Å². The van der Waals surface area contributed by atoms with Crippen molar-refractivity contribution in [2.75, 3.05) is 18.1 Å². The van der Waals surface area contributed by atoms with Crippen LogP contribution in [0.3, 0.4) is 0 Å². The molecule has 3 N–H and O–H groups in total. The average molecular weight is 279 g/mol. The van der Waals surface area contributed by atoms with Crippen LogP contribution in [-0.4, -0.2) is 41.4 Å². The highest BCUT2D eigenvalue weighted by Crippen LogP contribution is 2.25. The van der Waals surface area contributed by atoms with Crippen molar-refractivity contribution in [1.82, 2.24) is 4.98 Å². The Balaban J connectivity index is 2.24. The predicted octanol–water partition coefficient (Wildman–Crippen LogP) is 0.999. The van der Waals surface area contributed by atoms with E-state index in [1.807, 2.05) is 24.0 Å². The lowest BCUT2D eigenvalue weighted by Crippen LogP contribution is -2.54. The number of carboxylic acid groups (broad SMARTS) is 1. The predicted molar refractivity (Wildman–Crippen MR) is 75.5 cm³/mol. The highest BCUT2D eigenvalue weighted by atomic mass is 16.5. The molecule has 1 aliphatic heterocycles. The number of ether oxygens (including phenoxy) is 1. The number of anilines is 1. The molecule has 0 aliphatic carbocycles. The first-order chi connectivity index (χ1) is 9.67. The van der Waals surface area contributed by atoms with E-state index in [1.54, 1.807) is 6.20 Å². The zero-order chi connectivity index (χ0) is 14.5. The number of piperidine rings is 1. The number of aromatic nitrogens is 1. The molecule has 0 saturated carbocycles. The Morgan fingerprint density at radius 3 is 2.95 bits per heavy atom. The van der Waals surface area contributed by atoms with Gasteiger partial charge in [-0.2, -0.15) is 0 Å². The molecule has 2 unspecified atom stereocenters. The molecule has 0 bridgehead atoms. The maximum atomic E-state index is 11.6. The Morgan fingerprint density at radius 2 is 2.40 bits per heavy atom. The second-order valence-corrected chi connectivity index (χ2v) is 4.84. The third-order valence-electron chi connectivity index (χ3n) is 3.55. The third-order valence-corrected chi connectivity index (χ3v) is 3.55. The minimum Gasteiger partial charge on any atom is -0.480 e. The Bertz CT molecular complexity index is 447. The van der Waals surface area contributed by atoms with E-state index in [2.05, 4.69) is 4.98 Å². The van der Waals surface area contributed by atoms with Crippen LogP contribution in [-0.2, 0) is 16.1 Å². The zero-order valence-corrected chi connectivity index (χ0v) is 11.7. The van der Waals surface area contributed by atoms with E-state index in [1.165, 1.54) is 0 Å². The van der Waals surface area contributed by atoms with Crippen LogP contribution in [0.15, 0.2) is 18.3 Å². The molecule has 1 aromatic heterocycles. The van der Waals surface area contributed by atoms with Crippen molar-refractivity contribution in [1.29, 1.82) is 0 Å². The summed E-state index contributed by atoms with van der Waals surface area (Å²) in [4.78, 5) is 17.7. The van der Waals surface area contributed by atoms with Gasteiger partial charge in [-0.3, -0.25) is 0 Å². The van der Waals surface area contributed by atoms with Gasteiger partial charge >= 0.3 is 5.97 Å². The maximum Gasteiger partial charge on any atom is 0.329 e. The largest absolute Gasteiger partial charge is 0.480 e. The summed E-state index contributed by atoms with van der Waals surface area (Å²) in [6, 6.07) is 3.03. The second kappa shape index (κ2) is 6.67. The van der Waals surface area contributed by atoms with Crippen molar-refractivity contribution in [3.05, 3.63) is 23.9 Å². The van der Waals surface area contributed by atoms with Crippen molar-refractivity contribution < 1.29 is 14.6 Å². The van der Waals surface area contributed by atoms with Crippen molar-refractivity contribution in [2.24, 2.45) is 5.73 Å². The first-order valence-corrected chi connectivity index (χ1v) is 6.93. The van der Waals surface area contributed by atoms with Crippen molar-refractivity contribution in [3.8, 4) is 0 Å². The van der Waals surface area contributed by atoms with E-state index in [9.17, 15) is 9.90 Å². The average Bonchev–Trinajstić information content (AvgIpc) is 2.47. The lowest BCUT2D eigenvalue weighted by atomic mass is 9.98. The van der Waals surface area contributed by atoms with Gasteiger partial charge in [0.2, 0.25) is 0 Å². The monoisotopic (exact) mass is 279 g/mol. The molecule has 0 amide bonds. The smallest absolute Gasteiger partial charge is 0.329 e. The molecule has 20 heavy (non-hydrogen) atoms. The van der Waals surface area contributed by atoms with Gasteiger partial charge in [-0.25, -0.2) is 9.78 Å². The summed E-state index contributed by atoms with van der Waals surface area (Å²) in [5.74, 6) is -0.202. The van der Waals surface area contributed by atoms with Gasteiger partial charge in [0.1, 0.15) is 5.82 Å². The number of rotatable bonds is 5. The Labute approximate surface area is 118 Å².